The highest BCUT2D eigenvalue weighted by Crippen LogP contribution is 2.08. The Balaban J connectivity index is 4.29. The molecule has 7 heteroatoms. The normalized spacial score (nSPS) is 14.3. The van der Waals surface area contributed by atoms with Crippen LogP contribution < -0.4 is 5.32 Å². The van der Waals surface area contributed by atoms with Crippen molar-refractivity contribution in [3.63, 3.8) is 0 Å². The van der Waals surface area contributed by atoms with Crippen LogP contribution in [-0.2, 0) is 19.0 Å². The Kier molecular flexibility index (Phi) is 5.21. The molecule has 0 aliphatic carbocycles. The molecule has 1 unspecified atom stereocenters. The minimum Gasteiger partial charge on any atom is -0.444 e. The molecule has 0 heterocycles. The summed E-state index contributed by atoms with van der Waals surface area (Å²) < 4.78 is 31.3. The molecule has 96 valence electrons. The molecular weight excluding hydrogens is 234 g/mol. The van der Waals surface area contributed by atoms with Crippen molar-refractivity contribution in [3.05, 3.63) is 0 Å². The maximum absolute atomic E-state index is 11.3. The minimum absolute atomic E-state index is 0.326. The van der Waals surface area contributed by atoms with Gasteiger partial charge in [-0.15, -0.1) is 0 Å². The molecule has 1 N–H and O–H groups in total. The first-order chi connectivity index (χ1) is 7.03. The van der Waals surface area contributed by atoms with Gasteiger partial charge in [-0.3, -0.25) is 5.32 Å². The quantitative estimate of drug-likeness (QED) is 0.602. The molecule has 0 saturated heterocycles. The molecule has 0 aliphatic rings. The lowest BCUT2D eigenvalue weighted by Crippen LogP contribution is -2.41. The third-order valence-corrected chi connectivity index (χ3v) is 1.92. The summed E-state index contributed by atoms with van der Waals surface area (Å²) >= 11 is 0. The van der Waals surface area contributed by atoms with Crippen LogP contribution in [0.15, 0.2) is 0 Å². The van der Waals surface area contributed by atoms with Crippen molar-refractivity contribution in [3.8, 4) is 0 Å². The number of ether oxygens (including phenoxy) is 1. The Hall–Kier alpha value is -0.820. The molecule has 0 aromatic heterocycles. The van der Waals surface area contributed by atoms with Gasteiger partial charge in [0.15, 0.2) is 6.23 Å². The lowest BCUT2D eigenvalue weighted by atomic mass is 10.2. The van der Waals surface area contributed by atoms with Crippen molar-refractivity contribution in [2.45, 2.75) is 45.9 Å². The van der Waals surface area contributed by atoms with Crippen LogP contribution in [-0.4, -0.2) is 32.6 Å². The third-order valence-electron chi connectivity index (χ3n) is 1.34. The van der Waals surface area contributed by atoms with E-state index in [1.807, 2.05) is 0 Å². The van der Waals surface area contributed by atoms with Gasteiger partial charge in [-0.1, -0.05) is 6.92 Å². The van der Waals surface area contributed by atoms with Gasteiger partial charge in [-0.25, -0.2) is 8.98 Å². The molecule has 0 aromatic rings. The van der Waals surface area contributed by atoms with Crippen LogP contribution in [0.25, 0.3) is 0 Å². The van der Waals surface area contributed by atoms with Gasteiger partial charge in [0.2, 0.25) is 0 Å². The molecule has 16 heavy (non-hydrogen) atoms. The zero-order chi connectivity index (χ0) is 13.0. The summed E-state index contributed by atoms with van der Waals surface area (Å²) in [5.74, 6) is 0. The standard InChI is InChI=1S/C9H19NO5S/c1-6-7(15-16(5,12)13)10-8(11)14-9(2,3)4/h7H,6H2,1-5H3,(H,10,11). The fraction of sp³-hybridized carbons (Fsp3) is 0.889. The predicted octanol–water partition coefficient (Wildman–Crippen LogP) is 1.22. The summed E-state index contributed by atoms with van der Waals surface area (Å²) in [6, 6.07) is 0. The van der Waals surface area contributed by atoms with Gasteiger partial charge in [0, 0.05) is 0 Å². The van der Waals surface area contributed by atoms with Crippen molar-refractivity contribution < 1.29 is 22.1 Å². The zero-order valence-electron chi connectivity index (χ0n) is 10.2. The molecule has 0 rings (SSSR count). The van der Waals surface area contributed by atoms with Gasteiger partial charge in [0.1, 0.15) is 5.60 Å². The lowest BCUT2D eigenvalue weighted by molar-refractivity contribution is 0.0400. The third kappa shape index (κ3) is 8.49. The Bertz CT molecular complexity index is 330. The molecule has 1 amide bonds. The fourth-order valence-corrected chi connectivity index (χ4v) is 1.45. The van der Waals surface area contributed by atoms with E-state index >= 15 is 0 Å². The molecule has 0 spiro atoms. The van der Waals surface area contributed by atoms with Crippen molar-refractivity contribution in [2.75, 3.05) is 6.26 Å². The first kappa shape index (κ1) is 15.2. The Morgan fingerprint density at radius 1 is 1.38 bits per heavy atom. The maximum Gasteiger partial charge on any atom is 0.409 e. The van der Waals surface area contributed by atoms with Gasteiger partial charge in [0.05, 0.1) is 6.26 Å². The molecule has 0 saturated carbocycles. The first-order valence-electron chi connectivity index (χ1n) is 4.91. The highest BCUT2D eigenvalue weighted by molar-refractivity contribution is 7.86. The van der Waals surface area contributed by atoms with Crippen LogP contribution in [0.1, 0.15) is 34.1 Å². The van der Waals surface area contributed by atoms with Crippen molar-refractivity contribution >= 4 is 16.2 Å². The SMILES string of the molecule is CCC(NC(=O)OC(C)(C)C)OS(C)(=O)=O. The molecule has 6 nitrogen and oxygen atoms in total. The largest absolute Gasteiger partial charge is 0.444 e. The number of hydrogen-bond donors (Lipinski definition) is 1. The van der Waals surface area contributed by atoms with E-state index in [2.05, 4.69) is 9.50 Å². The van der Waals surface area contributed by atoms with Gasteiger partial charge in [-0.05, 0) is 27.2 Å². The predicted molar refractivity (Wildman–Crippen MR) is 59.4 cm³/mol. The second kappa shape index (κ2) is 5.49. The van der Waals surface area contributed by atoms with E-state index in [0.29, 0.717) is 6.42 Å². The molecule has 0 radical (unpaired) electrons. The minimum atomic E-state index is -3.60. The summed E-state index contributed by atoms with van der Waals surface area (Å²) in [4.78, 5) is 11.3. The number of carbonyl (C=O) groups excluding carboxylic acids is 1. The topological polar surface area (TPSA) is 81.7 Å². The van der Waals surface area contributed by atoms with Gasteiger partial charge in [-0.2, -0.15) is 8.42 Å². The van der Waals surface area contributed by atoms with Crippen LogP contribution >= 0.6 is 0 Å². The van der Waals surface area contributed by atoms with E-state index in [1.165, 1.54) is 0 Å². The van der Waals surface area contributed by atoms with E-state index < -0.39 is 28.0 Å². The fourth-order valence-electron chi connectivity index (χ4n) is 0.844. The van der Waals surface area contributed by atoms with Gasteiger partial charge >= 0.3 is 6.09 Å². The summed E-state index contributed by atoms with van der Waals surface area (Å²) in [5, 5.41) is 2.32. The van der Waals surface area contributed by atoms with Crippen molar-refractivity contribution in [1.29, 1.82) is 0 Å². The van der Waals surface area contributed by atoms with E-state index in [4.69, 9.17) is 4.74 Å². The second-order valence-corrected chi connectivity index (χ2v) is 5.94. The van der Waals surface area contributed by atoms with E-state index in [0.717, 1.165) is 6.26 Å². The summed E-state index contributed by atoms with van der Waals surface area (Å²) in [7, 11) is -3.60. The van der Waals surface area contributed by atoms with Crippen LogP contribution in [0.2, 0.25) is 0 Å². The summed E-state index contributed by atoms with van der Waals surface area (Å²) in [6.45, 7) is 6.83. The van der Waals surface area contributed by atoms with E-state index in [-0.39, 0.29) is 0 Å². The summed E-state index contributed by atoms with van der Waals surface area (Å²) in [6.07, 6.45) is -0.355. The first-order valence-corrected chi connectivity index (χ1v) is 6.73. The Morgan fingerprint density at radius 2 is 1.88 bits per heavy atom. The molecule has 0 aromatic carbocycles. The maximum atomic E-state index is 11.3. The van der Waals surface area contributed by atoms with Crippen LogP contribution in [0.4, 0.5) is 4.79 Å². The van der Waals surface area contributed by atoms with Crippen LogP contribution in [0.5, 0.6) is 0 Å². The van der Waals surface area contributed by atoms with E-state index in [1.54, 1.807) is 27.7 Å². The van der Waals surface area contributed by atoms with Crippen LogP contribution in [0, 0.1) is 0 Å². The molecule has 1 atom stereocenters. The summed E-state index contributed by atoms with van der Waals surface area (Å²) in [5.41, 5.74) is -0.631. The molecular formula is C9H19NO5S. The monoisotopic (exact) mass is 253 g/mol. The van der Waals surface area contributed by atoms with Crippen LogP contribution in [0.3, 0.4) is 0 Å². The smallest absolute Gasteiger partial charge is 0.409 e. The number of hydrogen-bond acceptors (Lipinski definition) is 5. The van der Waals surface area contributed by atoms with Crippen molar-refractivity contribution in [1.82, 2.24) is 5.32 Å². The number of nitrogens with one attached hydrogen (secondary N) is 1. The lowest BCUT2D eigenvalue weighted by Gasteiger charge is -2.22. The average Bonchev–Trinajstić information content (AvgIpc) is 1.96. The second-order valence-electron chi connectivity index (χ2n) is 4.34. The van der Waals surface area contributed by atoms with Crippen molar-refractivity contribution in [2.24, 2.45) is 0 Å². The molecule has 0 bridgehead atoms. The van der Waals surface area contributed by atoms with Gasteiger partial charge in [0.25, 0.3) is 10.1 Å². The average molecular weight is 253 g/mol. The number of carbonyl (C=O) groups is 1. The highest BCUT2D eigenvalue weighted by atomic mass is 32.2. The Morgan fingerprint density at radius 3 is 2.19 bits per heavy atom. The number of alkyl carbamates (subject to hydrolysis) is 1. The number of amides is 1. The Labute approximate surface area is 96.4 Å². The van der Waals surface area contributed by atoms with Gasteiger partial charge < -0.3 is 4.74 Å². The molecule has 0 aliphatic heterocycles. The highest BCUT2D eigenvalue weighted by Gasteiger charge is 2.21. The van der Waals surface area contributed by atoms with E-state index in [9.17, 15) is 13.2 Å². The molecule has 0 fully saturated rings. The number of rotatable bonds is 4. The zero-order valence-corrected chi connectivity index (χ0v) is 11.1.